The Kier molecular flexibility index (Phi) is 4.92. The number of hydrogen-bond donors (Lipinski definition) is 2. The summed E-state index contributed by atoms with van der Waals surface area (Å²) in [4.78, 5) is 28.1. The molecule has 129 valence electrons. The number of hydrogen-bond acceptors (Lipinski definition) is 4. The van der Waals surface area contributed by atoms with Gasteiger partial charge in [0.15, 0.2) is 0 Å². The first-order valence-electron chi connectivity index (χ1n) is 8.89. The second-order valence-electron chi connectivity index (χ2n) is 7.35. The van der Waals surface area contributed by atoms with Crippen LogP contribution in [0, 0.1) is 6.42 Å². The zero-order valence-electron chi connectivity index (χ0n) is 14.1. The molecule has 0 aliphatic carbocycles. The summed E-state index contributed by atoms with van der Waals surface area (Å²) < 4.78 is 0. The van der Waals surface area contributed by atoms with Gasteiger partial charge in [-0.2, -0.15) is 0 Å². The summed E-state index contributed by atoms with van der Waals surface area (Å²) in [7, 11) is 0. The number of nitrogens with one attached hydrogen (secondary N) is 1. The first-order valence-corrected chi connectivity index (χ1v) is 8.89. The number of nitrogens with two attached hydrogens (primary N) is 1. The molecule has 3 aliphatic rings. The molecule has 0 spiro atoms. The highest BCUT2D eigenvalue weighted by atomic mass is 16.2. The van der Waals surface area contributed by atoms with Crippen molar-refractivity contribution in [1.82, 2.24) is 15.1 Å². The summed E-state index contributed by atoms with van der Waals surface area (Å²) in [5, 5.41) is 3.03. The average Bonchev–Trinajstić information content (AvgIpc) is 2.70. The highest BCUT2D eigenvalue weighted by molar-refractivity contribution is 5.85. The van der Waals surface area contributed by atoms with Crippen LogP contribution in [0.5, 0.6) is 0 Å². The van der Waals surface area contributed by atoms with Crippen LogP contribution in [0.15, 0.2) is 0 Å². The van der Waals surface area contributed by atoms with Crippen molar-refractivity contribution in [2.75, 3.05) is 26.2 Å². The van der Waals surface area contributed by atoms with Gasteiger partial charge < -0.3 is 16.0 Å². The Bertz CT molecular complexity index is 466. The number of amides is 2. The van der Waals surface area contributed by atoms with Gasteiger partial charge in [-0.05, 0) is 51.5 Å². The first kappa shape index (κ1) is 16.7. The quantitative estimate of drug-likeness (QED) is 0.762. The van der Waals surface area contributed by atoms with Crippen molar-refractivity contribution < 1.29 is 9.59 Å². The van der Waals surface area contributed by atoms with Crippen molar-refractivity contribution in [3.63, 3.8) is 0 Å². The van der Waals surface area contributed by atoms with Gasteiger partial charge in [0.1, 0.15) is 5.54 Å². The SMILES string of the molecule is CC(=O)N[C@@H]1CCCN(CCN2[C@@H]3C[CH]C[C@@]2(C(N)=O)CC3)C1. The molecule has 0 aromatic carbocycles. The second-order valence-corrected chi connectivity index (χ2v) is 7.35. The van der Waals surface area contributed by atoms with E-state index in [9.17, 15) is 9.59 Å². The lowest BCUT2D eigenvalue weighted by Gasteiger charge is -2.44. The second kappa shape index (κ2) is 6.77. The van der Waals surface area contributed by atoms with Crippen molar-refractivity contribution in [1.29, 1.82) is 0 Å². The Morgan fingerprint density at radius 2 is 2.17 bits per heavy atom. The molecule has 3 atom stereocenters. The molecule has 2 amide bonds. The maximum absolute atomic E-state index is 12.1. The molecule has 0 aromatic heterocycles. The summed E-state index contributed by atoms with van der Waals surface area (Å²) in [5.74, 6) is -0.111. The molecule has 6 nitrogen and oxygen atoms in total. The van der Waals surface area contributed by atoms with Crippen LogP contribution >= 0.6 is 0 Å². The average molecular weight is 321 g/mol. The van der Waals surface area contributed by atoms with E-state index in [1.54, 1.807) is 6.92 Å². The molecule has 3 rings (SSSR count). The van der Waals surface area contributed by atoms with Crippen molar-refractivity contribution in [3.8, 4) is 0 Å². The van der Waals surface area contributed by atoms with Gasteiger partial charge in [0.05, 0.1) is 0 Å². The summed E-state index contributed by atoms with van der Waals surface area (Å²) in [5.41, 5.74) is 5.32. The van der Waals surface area contributed by atoms with Crippen LogP contribution in [0.4, 0.5) is 0 Å². The van der Waals surface area contributed by atoms with Crippen LogP contribution in [0.2, 0.25) is 0 Å². The minimum atomic E-state index is -0.435. The summed E-state index contributed by atoms with van der Waals surface area (Å²) in [6.45, 7) is 5.41. The van der Waals surface area contributed by atoms with E-state index >= 15 is 0 Å². The summed E-state index contributed by atoms with van der Waals surface area (Å²) >= 11 is 0. The number of nitrogens with zero attached hydrogens (tertiary/aromatic N) is 2. The van der Waals surface area contributed by atoms with Crippen LogP contribution in [-0.4, -0.2) is 65.4 Å². The zero-order valence-corrected chi connectivity index (χ0v) is 14.1. The standard InChI is InChI=1S/C17H29N4O2/c1-13(22)19-14-4-3-9-20(12-14)10-11-21-15-5-2-7-17(21,8-6-15)16(18)23/h2,14-15H,3-12H2,1H3,(H2,18,23)(H,19,22)/t14-,15-,17+/m1/s1. The minimum absolute atomic E-state index is 0.0501. The number of carbonyl (C=O) groups excluding carboxylic acids is 2. The lowest BCUT2D eigenvalue weighted by Crippen LogP contribution is -2.60. The van der Waals surface area contributed by atoms with Gasteiger partial charge in [-0.15, -0.1) is 0 Å². The summed E-state index contributed by atoms with van der Waals surface area (Å²) in [6.07, 6.45) is 8.27. The van der Waals surface area contributed by atoms with E-state index in [0.717, 1.165) is 64.7 Å². The summed E-state index contributed by atoms with van der Waals surface area (Å²) in [6, 6.07) is 0.741. The third-order valence-electron chi connectivity index (χ3n) is 5.83. The van der Waals surface area contributed by atoms with E-state index < -0.39 is 5.54 Å². The van der Waals surface area contributed by atoms with Crippen LogP contribution in [0.1, 0.15) is 45.4 Å². The fourth-order valence-electron chi connectivity index (χ4n) is 4.71. The molecule has 0 saturated carbocycles. The Balaban J connectivity index is 1.57. The molecular weight excluding hydrogens is 292 g/mol. The maximum atomic E-state index is 12.1. The lowest BCUT2D eigenvalue weighted by molar-refractivity contribution is -0.130. The van der Waals surface area contributed by atoms with Crippen molar-refractivity contribution in [3.05, 3.63) is 6.42 Å². The fraction of sp³-hybridized carbons (Fsp3) is 0.824. The Morgan fingerprint density at radius 3 is 2.91 bits per heavy atom. The monoisotopic (exact) mass is 321 g/mol. The van der Waals surface area contributed by atoms with E-state index in [2.05, 4.69) is 21.5 Å². The molecule has 2 bridgehead atoms. The van der Waals surface area contributed by atoms with Crippen LogP contribution < -0.4 is 11.1 Å². The molecule has 23 heavy (non-hydrogen) atoms. The van der Waals surface area contributed by atoms with Crippen LogP contribution in [0.3, 0.4) is 0 Å². The van der Waals surface area contributed by atoms with Crippen molar-refractivity contribution in [2.45, 2.75) is 63.1 Å². The predicted molar refractivity (Wildman–Crippen MR) is 88.5 cm³/mol. The molecule has 6 heteroatoms. The highest BCUT2D eigenvalue weighted by Crippen LogP contribution is 2.43. The van der Waals surface area contributed by atoms with E-state index in [1.165, 1.54) is 0 Å². The van der Waals surface area contributed by atoms with Gasteiger partial charge in [-0.25, -0.2) is 0 Å². The maximum Gasteiger partial charge on any atom is 0.237 e. The van der Waals surface area contributed by atoms with Crippen molar-refractivity contribution in [2.24, 2.45) is 5.73 Å². The van der Waals surface area contributed by atoms with Gasteiger partial charge >= 0.3 is 0 Å². The molecule has 3 N–H and O–H groups in total. The molecule has 3 fully saturated rings. The van der Waals surface area contributed by atoms with E-state index in [-0.39, 0.29) is 17.9 Å². The van der Waals surface area contributed by atoms with E-state index in [1.807, 2.05) is 0 Å². The van der Waals surface area contributed by atoms with Gasteiger partial charge in [0, 0.05) is 38.6 Å². The molecule has 3 saturated heterocycles. The third-order valence-corrected chi connectivity index (χ3v) is 5.83. The normalized spacial score (nSPS) is 35.2. The molecule has 1 radical (unpaired) electrons. The van der Waals surface area contributed by atoms with Crippen LogP contribution in [-0.2, 0) is 9.59 Å². The number of rotatable bonds is 5. The first-order chi connectivity index (χ1) is 11.0. The highest BCUT2D eigenvalue weighted by Gasteiger charge is 2.52. The van der Waals surface area contributed by atoms with Gasteiger partial charge in [-0.3, -0.25) is 14.5 Å². The Morgan fingerprint density at radius 1 is 1.35 bits per heavy atom. The number of fused-ring (bicyclic) bond motifs is 2. The molecule has 0 unspecified atom stereocenters. The van der Waals surface area contributed by atoms with Gasteiger partial charge in [0.25, 0.3) is 0 Å². The van der Waals surface area contributed by atoms with Crippen LogP contribution in [0.25, 0.3) is 0 Å². The predicted octanol–water partition coefficient (Wildman–Crippen LogP) is 0.273. The topological polar surface area (TPSA) is 78.7 Å². The van der Waals surface area contributed by atoms with Gasteiger partial charge in [0.2, 0.25) is 11.8 Å². The zero-order chi connectivity index (χ0) is 16.4. The Hall–Kier alpha value is -1.14. The van der Waals surface area contributed by atoms with Crippen molar-refractivity contribution >= 4 is 11.8 Å². The third kappa shape index (κ3) is 3.38. The molecule has 0 aromatic rings. The fourth-order valence-corrected chi connectivity index (χ4v) is 4.71. The van der Waals surface area contributed by atoms with E-state index in [0.29, 0.717) is 6.04 Å². The smallest absolute Gasteiger partial charge is 0.237 e. The number of likely N-dealkylation sites (tertiary alicyclic amines) is 1. The molecular formula is C17H29N4O2. The van der Waals surface area contributed by atoms with Gasteiger partial charge in [-0.1, -0.05) is 0 Å². The lowest BCUT2D eigenvalue weighted by atomic mass is 9.87. The largest absolute Gasteiger partial charge is 0.368 e. The Labute approximate surface area is 138 Å². The number of carbonyl (C=O) groups is 2. The van der Waals surface area contributed by atoms with E-state index in [4.69, 9.17) is 5.73 Å². The number of piperidine rings is 2. The molecule has 3 aliphatic heterocycles. The minimum Gasteiger partial charge on any atom is -0.368 e. The number of primary amides is 1. The molecule has 3 heterocycles.